The summed E-state index contributed by atoms with van der Waals surface area (Å²) in [6.45, 7) is 5.92. The van der Waals surface area contributed by atoms with E-state index in [4.69, 9.17) is 9.47 Å². The maximum absolute atomic E-state index is 5.68. The summed E-state index contributed by atoms with van der Waals surface area (Å²) in [5, 5.41) is 0. The molecule has 2 rings (SSSR count). The van der Waals surface area contributed by atoms with Crippen LogP contribution in [0.25, 0.3) is 12.2 Å². The standard InChI is InChI=1S/C22H28O2/c1-3-5-17-23-21-13-9-19(10-14-21)7-8-20-11-15-22(16-12-20)24-18-6-4-2/h7-16H,3-6,17-18H2,1-2H3/b8-7+. The summed E-state index contributed by atoms with van der Waals surface area (Å²) in [6, 6.07) is 16.4. The van der Waals surface area contributed by atoms with Crippen LogP contribution in [0.5, 0.6) is 11.5 Å². The van der Waals surface area contributed by atoms with Gasteiger partial charge in [0.05, 0.1) is 13.2 Å². The maximum Gasteiger partial charge on any atom is 0.119 e. The second-order valence-corrected chi connectivity index (χ2v) is 5.88. The maximum atomic E-state index is 5.68. The average Bonchev–Trinajstić information content (AvgIpc) is 2.63. The molecule has 0 amide bonds. The van der Waals surface area contributed by atoms with Crippen molar-refractivity contribution in [3.63, 3.8) is 0 Å². The molecule has 0 aromatic heterocycles. The lowest BCUT2D eigenvalue weighted by Gasteiger charge is -2.05. The Balaban J connectivity index is 1.86. The molecule has 0 spiro atoms. The minimum atomic E-state index is 0.790. The van der Waals surface area contributed by atoms with Gasteiger partial charge in [-0.15, -0.1) is 0 Å². The molecule has 0 atom stereocenters. The van der Waals surface area contributed by atoms with Gasteiger partial charge < -0.3 is 9.47 Å². The fourth-order valence-corrected chi connectivity index (χ4v) is 2.21. The molecule has 0 unspecified atom stereocenters. The van der Waals surface area contributed by atoms with Crippen molar-refractivity contribution in [2.24, 2.45) is 0 Å². The topological polar surface area (TPSA) is 18.5 Å². The molecule has 0 aliphatic heterocycles. The normalized spacial score (nSPS) is 10.9. The van der Waals surface area contributed by atoms with Gasteiger partial charge in [0, 0.05) is 0 Å². The van der Waals surface area contributed by atoms with Gasteiger partial charge in [-0.3, -0.25) is 0 Å². The largest absolute Gasteiger partial charge is 0.494 e. The van der Waals surface area contributed by atoms with Crippen molar-refractivity contribution >= 4 is 12.2 Å². The molecule has 0 aliphatic carbocycles. The summed E-state index contributed by atoms with van der Waals surface area (Å²) in [5.41, 5.74) is 2.34. The molecule has 0 heterocycles. The van der Waals surface area contributed by atoms with Crippen LogP contribution >= 0.6 is 0 Å². The van der Waals surface area contributed by atoms with E-state index in [2.05, 4.69) is 50.3 Å². The highest BCUT2D eigenvalue weighted by atomic mass is 16.5. The smallest absolute Gasteiger partial charge is 0.119 e. The summed E-state index contributed by atoms with van der Waals surface area (Å²) in [6.07, 6.45) is 8.73. The highest BCUT2D eigenvalue weighted by Crippen LogP contribution is 2.17. The number of rotatable bonds is 10. The van der Waals surface area contributed by atoms with Gasteiger partial charge in [-0.05, 0) is 48.2 Å². The van der Waals surface area contributed by atoms with Crippen molar-refractivity contribution in [2.45, 2.75) is 39.5 Å². The average molecular weight is 324 g/mol. The van der Waals surface area contributed by atoms with E-state index in [1.807, 2.05) is 24.3 Å². The van der Waals surface area contributed by atoms with Gasteiger partial charge in [-0.2, -0.15) is 0 Å². The van der Waals surface area contributed by atoms with Crippen LogP contribution in [0.3, 0.4) is 0 Å². The lowest BCUT2D eigenvalue weighted by atomic mass is 10.1. The Morgan fingerprint density at radius 2 is 1.00 bits per heavy atom. The van der Waals surface area contributed by atoms with E-state index in [0.29, 0.717) is 0 Å². The summed E-state index contributed by atoms with van der Waals surface area (Å²) in [5.74, 6) is 1.88. The van der Waals surface area contributed by atoms with Gasteiger partial charge in [-0.25, -0.2) is 0 Å². The third kappa shape index (κ3) is 6.49. The van der Waals surface area contributed by atoms with Gasteiger partial charge in [-0.1, -0.05) is 63.1 Å². The molecule has 0 N–H and O–H groups in total. The Morgan fingerprint density at radius 3 is 1.33 bits per heavy atom. The summed E-state index contributed by atoms with van der Waals surface area (Å²) in [7, 11) is 0. The van der Waals surface area contributed by atoms with Crippen molar-refractivity contribution in [2.75, 3.05) is 13.2 Å². The molecule has 0 saturated carbocycles. The Bertz CT molecular complexity index is 541. The quantitative estimate of drug-likeness (QED) is 0.382. The van der Waals surface area contributed by atoms with Crippen LogP contribution < -0.4 is 9.47 Å². The van der Waals surface area contributed by atoms with Crippen LogP contribution in [0.4, 0.5) is 0 Å². The van der Waals surface area contributed by atoms with E-state index in [-0.39, 0.29) is 0 Å². The Hall–Kier alpha value is -2.22. The predicted molar refractivity (Wildman–Crippen MR) is 103 cm³/mol. The molecular weight excluding hydrogens is 296 g/mol. The molecule has 0 saturated heterocycles. The highest BCUT2D eigenvalue weighted by Gasteiger charge is 1.95. The van der Waals surface area contributed by atoms with Crippen LogP contribution in [0.15, 0.2) is 48.5 Å². The van der Waals surface area contributed by atoms with Gasteiger partial charge in [0.2, 0.25) is 0 Å². The molecule has 128 valence electrons. The second kappa shape index (κ2) is 10.5. The van der Waals surface area contributed by atoms with Gasteiger partial charge in [0.1, 0.15) is 11.5 Å². The lowest BCUT2D eigenvalue weighted by molar-refractivity contribution is 0.309. The number of ether oxygens (including phenoxy) is 2. The van der Waals surface area contributed by atoms with Crippen LogP contribution in [-0.4, -0.2) is 13.2 Å². The van der Waals surface area contributed by atoms with Crippen LogP contribution in [-0.2, 0) is 0 Å². The minimum absolute atomic E-state index is 0.790. The van der Waals surface area contributed by atoms with Crippen molar-refractivity contribution in [3.05, 3.63) is 59.7 Å². The van der Waals surface area contributed by atoms with E-state index < -0.39 is 0 Å². The molecule has 2 aromatic carbocycles. The van der Waals surface area contributed by atoms with E-state index >= 15 is 0 Å². The van der Waals surface area contributed by atoms with E-state index in [0.717, 1.165) is 50.4 Å². The molecule has 0 radical (unpaired) electrons. The van der Waals surface area contributed by atoms with Crippen molar-refractivity contribution in [3.8, 4) is 11.5 Å². The molecule has 0 bridgehead atoms. The summed E-state index contributed by atoms with van der Waals surface area (Å²) >= 11 is 0. The van der Waals surface area contributed by atoms with Crippen LogP contribution in [0.1, 0.15) is 50.7 Å². The SMILES string of the molecule is CCCCOc1ccc(/C=C/c2ccc(OCCCC)cc2)cc1. The van der Waals surface area contributed by atoms with E-state index in [1.165, 1.54) is 11.1 Å². The number of hydrogen-bond acceptors (Lipinski definition) is 2. The zero-order valence-electron chi connectivity index (χ0n) is 14.8. The Labute approximate surface area is 146 Å². The minimum Gasteiger partial charge on any atom is -0.494 e. The molecular formula is C22H28O2. The van der Waals surface area contributed by atoms with Crippen molar-refractivity contribution < 1.29 is 9.47 Å². The lowest BCUT2D eigenvalue weighted by Crippen LogP contribution is -1.96. The molecule has 2 nitrogen and oxygen atoms in total. The Morgan fingerprint density at radius 1 is 0.625 bits per heavy atom. The zero-order chi connectivity index (χ0) is 17.0. The van der Waals surface area contributed by atoms with Crippen molar-refractivity contribution in [1.82, 2.24) is 0 Å². The number of hydrogen-bond donors (Lipinski definition) is 0. The van der Waals surface area contributed by atoms with Gasteiger partial charge >= 0.3 is 0 Å². The van der Waals surface area contributed by atoms with E-state index in [1.54, 1.807) is 0 Å². The fraction of sp³-hybridized carbons (Fsp3) is 0.364. The summed E-state index contributed by atoms with van der Waals surface area (Å²) in [4.78, 5) is 0. The molecule has 24 heavy (non-hydrogen) atoms. The van der Waals surface area contributed by atoms with Crippen LogP contribution in [0.2, 0.25) is 0 Å². The molecule has 2 aromatic rings. The first-order chi connectivity index (χ1) is 11.8. The first kappa shape index (κ1) is 18.1. The van der Waals surface area contributed by atoms with E-state index in [9.17, 15) is 0 Å². The highest BCUT2D eigenvalue weighted by molar-refractivity contribution is 5.70. The van der Waals surface area contributed by atoms with Crippen LogP contribution in [0, 0.1) is 0 Å². The third-order valence-electron chi connectivity index (χ3n) is 3.76. The van der Waals surface area contributed by atoms with Gasteiger partial charge in [0.25, 0.3) is 0 Å². The predicted octanol–water partition coefficient (Wildman–Crippen LogP) is 6.21. The molecule has 0 fully saturated rings. The number of benzene rings is 2. The first-order valence-corrected chi connectivity index (χ1v) is 8.95. The van der Waals surface area contributed by atoms with Crippen molar-refractivity contribution in [1.29, 1.82) is 0 Å². The number of unbranched alkanes of at least 4 members (excludes halogenated alkanes) is 2. The molecule has 0 aliphatic rings. The second-order valence-electron chi connectivity index (χ2n) is 5.88. The first-order valence-electron chi connectivity index (χ1n) is 8.95. The summed E-state index contributed by atoms with van der Waals surface area (Å²) < 4.78 is 11.4. The molecule has 2 heteroatoms. The monoisotopic (exact) mass is 324 g/mol. The fourth-order valence-electron chi connectivity index (χ4n) is 2.21. The Kier molecular flexibility index (Phi) is 7.96. The third-order valence-corrected chi connectivity index (χ3v) is 3.76. The van der Waals surface area contributed by atoms with Gasteiger partial charge in [0.15, 0.2) is 0 Å². The zero-order valence-corrected chi connectivity index (χ0v) is 14.8.